The Labute approximate surface area is 167 Å². The second-order valence-corrected chi connectivity index (χ2v) is 8.20. The van der Waals surface area contributed by atoms with Gasteiger partial charge in [-0.1, -0.05) is 44.5 Å². The summed E-state index contributed by atoms with van der Waals surface area (Å²) in [5.74, 6) is 1.56. The van der Waals surface area contributed by atoms with Crippen molar-refractivity contribution in [3.8, 4) is 11.5 Å². The number of methoxy groups -OCH3 is 1. The van der Waals surface area contributed by atoms with E-state index in [9.17, 15) is 5.11 Å². The highest BCUT2D eigenvalue weighted by atomic mass is 35.5. The number of aliphatic hydroxyl groups is 1. The van der Waals surface area contributed by atoms with Crippen molar-refractivity contribution in [3.63, 3.8) is 0 Å². The highest BCUT2D eigenvalue weighted by molar-refractivity contribution is 6.30. The van der Waals surface area contributed by atoms with Crippen LogP contribution in [0.1, 0.15) is 44.9 Å². The van der Waals surface area contributed by atoms with Crippen molar-refractivity contribution >= 4 is 11.6 Å². The van der Waals surface area contributed by atoms with E-state index in [1.165, 1.54) is 0 Å². The summed E-state index contributed by atoms with van der Waals surface area (Å²) in [6, 6.07) is 13.6. The number of rotatable bonds is 8. The molecule has 0 amide bonds. The highest BCUT2D eigenvalue weighted by Crippen LogP contribution is 2.34. The summed E-state index contributed by atoms with van der Waals surface area (Å²) in [5, 5.41) is 14.3. The van der Waals surface area contributed by atoms with Crippen molar-refractivity contribution < 1.29 is 14.6 Å². The van der Waals surface area contributed by atoms with Gasteiger partial charge in [-0.25, -0.2) is 0 Å². The zero-order valence-electron chi connectivity index (χ0n) is 16.8. The van der Waals surface area contributed by atoms with E-state index < -0.39 is 6.10 Å². The fraction of sp³-hybridized carbons (Fsp3) is 0.455. The fourth-order valence-electron chi connectivity index (χ4n) is 2.80. The molecule has 0 heterocycles. The lowest BCUT2D eigenvalue weighted by Crippen LogP contribution is -2.33. The Morgan fingerprint density at radius 1 is 1.15 bits per heavy atom. The van der Waals surface area contributed by atoms with E-state index in [4.69, 9.17) is 21.1 Å². The molecule has 2 rings (SSSR count). The quantitative estimate of drug-likeness (QED) is 0.682. The molecule has 0 fully saturated rings. The van der Waals surface area contributed by atoms with Crippen molar-refractivity contribution in [2.24, 2.45) is 0 Å². The third kappa shape index (κ3) is 6.42. The van der Waals surface area contributed by atoms with Crippen LogP contribution in [0.4, 0.5) is 0 Å². The van der Waals surface area contributed by atoms with Gasteiger partial charge >= 0.3 is 0 Å². The Kier molecular flexibility index (Phi) is 7.54. The van der Waals surface area contributed by atoms with E-state index >= 15 is 0 Å². The summed E-state index contributed by atoms with van der Waals surface area (Å²) < 4.78 is 11.2. The second kappa shape index (κ2) is 9.45. The highest BCUT2D eigenvalue weighted by Gasteiger charge is 2.20. The zero-order chi connectivity index (χ0) is 20.0. The van der Waals surface area contributed by atoms with Crippen molar-refractivity contribution in [1.82, 2.24) is 5.32 Å². The lowest BCUT2D eigenvalue weighted by Gasteiger charge is -2.24. The van der Waals surface area contributed by atoms with Gasteiger partial charge in [-0.3, -0.25) is 0 Å². The molecule has 27 heavy (non-hydrogen) atoms. The minimum atomic E-state index is -0.624. The molecule has 0 aromatic heterocycles. The molecule has 0 bridgehead atoms. The maximum atomic E-state index is 10.3. The molecule has 4 nitrogen and oxygen atoms in total. The van der Waals surface area contributed by atoms with Gasteiger partial charge < -0.3 is 19.9 Å². The monoisotopic (exact) mass is 391 g/mol. The number of hydrogen-bond donors (Lipinski definition) is 2. The van der Waals surface area contributed by atoms with Gasteiger partial charge in [0.05, 0.1) is 7.11 Å². The van der Waals surface area contributed by atoms with E-state index in [1.807, 2.05) is 49.4 Å². The first kappa shape index (κ1) is 21.5. The van der Waals surface area contributed by atoms with Gasteiger partial charge in [-0.15, -0.1) is 0 Å². The van der Waals surface area contributed by atoms with E-state index in [0.717, 1.165) is 22.6 Å². The molecule has 0 radical (unpaired) electrons. The predicted molar refractivity (Wildman–Crippen MR) is 111 cm³/mol. The molecule has 2 atom stereocenters. The molecular formula is C22H30ClNO3. The molecule has 2 aromatic carbocycles. The van der Waals surface area contributed by atoms with E-state index in [-0.39, 0.29) is 18.1 Å². The zero-order valence-corrected chi connectivity index (χ0v) is 17.5. The molecule has 2 unspecified atom stereocenters. The maximum Gasteiger partial charge on any atom is 0.123 e. The van der Waals surface area contributed by atoms with E-state index in [1.54, 1.807) is 7.11 Å². The summed E-state index contributed by atoms with van der Waals surface area (Å²) >= 11 is 6.04. The minimum absolute atomic E-state index is 0.0875. The van der Waals surface area contributed by atoms with Gasteiger partial charge in [0.15, 0.2) is 0 Å². The average Bonchev–Trinajstić information content (AvgIpc) is 2.63. The van der Waals surface area contributed by atoms with Crippen LogP contribution in [-0.2, 0) is 5.41 Å². The number of hydrogen-bond acceptors (Lipinski definition) is 4. The standard InChI is InChI=1S/C22H30ClNO3/c1-15(16-7-6-8-17(23)11-16)24-13-18(25)14-27-21-10-9-19(26-5)12-20(21)22(2,3)4/h6-12,15,18,24-25H,13-14H2,1-5H3. The Morgan fingerprint density at radius 2 is 1.89 bits per heavy atom. The molecule has 0 spiro atoms. The van der Waals surface area contributed by atoms with Crippen molar-refractivity contribution in [3.05, 3.63) is 58.6 Å². The maximum absolute atomic E-state index is 10.3. The van der Waals surface area contributed by atoms with Gasteiger partial charge in [-0.05, 0) is 48.2 Å². The number of aliphatic hydroxyl groups excluding tert-OH is 1. The van der Waals surface area contributed by atoms with E-state index in [2.05, 4.69) is 26.1 Å². The van der Waals surface area contributed by atoms with Crippen molar-refractivity contribution in [2.75, 3.05) is 20.3 Å². The Bertz CT molecular complexity index is 743. The number of benzene rings is 2. The van der Waals surface area contributed by atoms with Crippen LogP contribution in [0.5, 0.6) is 11.5 Å². The molecule has 148 valence electrons. The van der Waals surface area contributed by atoms with Gasteiger partial charge in [0.25, 0.3) is 0 Å². The normalized spacial score (nSPS) is 13.9. The number of ether oxygens (including phenoxy) is 2. The van der Waals surface area contributed by atoms with Crippen LogP contribution in [0.3, 0.4) is 0 Å². The third-order valence-corrected chi connectivity index (χ3v) is 4.67. The van der Waals surface area contributed by atoms with Gasteiger partial charge in [-0.2, -0.15) is 0 Å². The molecule has 0 saturated heterocycles. The summed E-state index contributed by atoms with van der Waals surface area (Å²) in [6.07, 6.45) is -0.624. The number of halogens is 1. The summed E-state index contributed by atoms with van der Waals surface area (Å²) in [7, 11) is 1.65. The Balaban J connectivity index is 1.92. The summed E-state index contributed by atoms with van der Waals surface area (Å²) in [6.45, 7) is 9.05. The molecule has 0 aliphatic rings. The summed E-state index contributed by atoms with van der Waals surface area (Å²) in [5.41, 5.74) is 2.05. The van der Waals surface area contributed by atoms with Crippen LogP contribution in [0, 0.1) is 0 Å². The Morgan fingerprint density at radius 3 is 2.52 bits per heavy atom. The van der Waals surface area contributed by atoms with Crippen LogP contribution in [0.2, 0.25) is 5.02 Å². The molecule has 0 aliphatic heterocycles. The number of nitrogens with one attached hydrogen (secondary N) is 1. The third-order valence-electron chi connectivity index (χ3n) is 4.43. The van der Waals surface area contributed by atoms with Gasteiger partial charge in [0.2, 0.25) is 0 Å². The average molecular weight is 392 g/mol. The first-order valence-corrected chi connectivity index (χ1v) is 9.56. The van der Waals surface area contributed by atoms with E-state index in [0.29, 0.717) is 11.6 Å². The van der Waals surface area contributed by atoms with Crippen LogP contribution >= 0.6 is 11.6 Å². The minimum Gasteiger partial charge on any atom is -0.497 e. The van der Waals surface area contributed by atoms with Crippen molar-refractivity contribution in [1.29, 1.82) is 0 Å². The smallest absolute Gasteiger partial charge is 0.123 e. The molecule has 0 saturated carbocycles. The topological polar surface area (TPSA) is 50.7 Å². The fourth-order valence-corrected chi connectivity index (χ4v) is 3.00. The molecule has 2 N–H and O–H groups in total. The molecule has 0 aliphatic carbocycles. The second-order valence-electron chi connectivity index (χ2n) is 7.76. The Hall–Kier alpha value is -1.75. The predicted octanol–water partition coefficient (Wildman–Crippen LogP) is 4.74. The molecule has 5 heteroatoms. The van der Waals surface area contributed by atoms with Crippen LogP contribution in [0.25, 0.3) is 0 Å². The molecule has 2 aromatic rings. The van der Waals surface area contributed by atoms with Gasteiger partial charge in [0, 0.05) is 23.2 Å². The first-order valence-electron chi connectivity index (χ1n) is 9.19. The lowest BCUT2D eigenvalue weighted by atomic mass is 9.86. The van der Waals surface area contributed by atoms with Crippen LogP contribution < -0.4 is 14.8 Å². The van der Waals surface area contributed by atoms with Crippen LogP contribution in [0.15, 0.2) is 42.5 Å². The largest absolute Gasteiger partial charge is 0.497 e. The van der Waals surface area contributed by atoms with Crippen LogP contribution in [-0.4, -0.2) is 31.5 Å². The molecular weight excluding hydrogens is 362 g/mol. The van der Waals surface area contributed by atoms with Gasteiger partial charge in [0.1, 0.15) is 24.2 Å². The lowest BCUT2D eigenvalue weighted by molar-refractivity contribution is 0.103. The summed E-state index contributed by atoms with van der Waals surface area (Å²) in [4.78, 5) is 0. The first-order chi connectivity index (χ1) is 12.7. The SMILES string of the molecule is COc1ccc(OCC(O)CNC(C)c2cccc(Cl)c2)c(C(C)(C)C)c1. The van der Waals surface area contributed by atoms with Crippen molar-refractivity contribution in [2.45, 2.75) is 45.3 Å².